The number of aryl methyl sites for hydroxylation is 1. The van der Waals surface area contributed by atoms with E-state index in [9.17, 15) is 9.59 Å². The predicted octanol–water partition coefficient (Wildman–Crippen LogP) is 5.90. The Balaban J connectivity index is 1.63. The lowest BCUT2D eigenvalue weighted by Crippen LogP contribution is -2.22. The summed E-state index contributed by atoms with van der Waals surface area (Å²) in [6.07, 6.45) is 0. The summed E-state index contributed by atoms with van der Waals surface area (Å²) in [5.74, 6) is -0.464. The largest absolute Gasteiger partial charge is 0.355 e. The molecule has 1 heterocycles. The lowest BCUT2D eigenvalue weighted by molar-refractivity contribution is 0.0981. The first-order valence-corrected chi connectivity index (χ1v) is 11.1. The molecular weight excluding hydrogens is 448 g/mol. The van der Waals surface area contributed by atoms with Crippen molar-refractivity contribution in [2.45, 2.75) is 6.92 Å². The van der Waals surface area contributed by atoms with Crippen molar-refractivity contribution in [1.82, 2.24) is 15.0 Å². The highest BCUT2D eigenvalue weighted by Crippen LogP contribution is 2.38. The van der Waals surface area contributed by atoms with Crippen LogP contribution in [0.25, 0.3) is 16.7 Å². The van der Waals surface area contributed by atoms with Gasteiger partial charge in [-0.25, -0.2) is 4.68 Å². The van der Waals surface area contributed by atoms with E-state index in [2.05, 4.69) is 15.6 Å². The standard InChI is InChI=1S/C27H17ClN4O2/c1-15-6-10-17(11-7-15)29-21-14-22-25(30-31-32(22)18-12-8-16(28)9-13-18)24-23(21)26(33)19-4-2-3-5-20(19)27(24)34/h2-14,29H,1H3. The first-order valence-electron chi connectivity index (χ1n) is 10.7. The Labute approximate surface area is 199 Å². The average molecular weight is 465 g/mol. The van der Waals surface area contributed by atoms with E-state index in [1.165, 1.54) is 0 Å². The van der Waals surface area contributed by atoms with Gasteiger partial charge in [0.15, 0.2) is 11.6 Å². The molecule has 0 amide bonds. The molecule has 7 heteroatoms. The molecule has 6 rings (SSSR count). The van der Waals surface area contributed by atoms with Gasteiger partial charge >= 0.3 is 0 Å². The Bertz CT molecular complexity index is 1620. The summed E-state index contributed by atoms with van der Waals surface area (Å²) in [6.45, 7) is 2.01. The molecule has 0 spiro atoms. The number of hydrogen-bond acceptors (Lipinski definition) is 5. The number of fused-ring (bicyclic) bond motifs is 4. The van der Waals surface area contributed by atoms with Crippen LogP contribution in [-0.2, 0) is 0 Å². The van der Waals surface area contributed by atoms with Crippen LogP contribution in [0.4, 0.5) is 11.4 Å². The number of nitrogens with one attached hydrogen (secondary N) is 1. The van der Waals surface area contributed by atoms with Crippen LogP contribution >= 0.6 is 11.6 Å². The molecule has 0 saturated heterocycles. The first-order chi connectivity index (χ1) is 16.5. The van der Waals surface area contributed by atoms with Crippen molar-refractivity contribution in [3.8, 4) is 5.69 Å². The van der Waals surface area contributed by atoms with Crippen molar-refractivity contribution in [3.63, 3.8) is 0 Å². The number of rotatable bonds is 3. The number of benzene rings is 4. The molecule has 1 aliphatic carbocycles. The summed E-state index contributed by atoms with van der Waals surface area (Å²) in [5, 5.41) is 12.6. The van der Waals surface area contributed by atoms with Gasteiger partial charge in [-0.05, 0) is 49.4 Å². The SMILES string of the molecule is Cc1ccc(Nc2cc3c(nnn3-c3ccc(Cl)cc3)c3c2C(=O)c2ccccc2C3=O)cc1. The van der Waals surface area contributed by atoms with Crippen molar-refractivity contribution < 1.29 is 9.59 Å². The van der Waals surface area contributed by atoms with Crippen molar-refractivity contribution in [1.29, 1.82) is 0 Å². The second-order valence-electron chi connectivity index (χ2n) is 8.21. The number of nitrogens with zero attached hydrogens (tertiary/aromatic N) is 3. The van der Waals surface area contributed by atoms with Gasteiger partial charge in [-0.15, -0.1) is 5.10 Å². The van der Waals surface area contributed by atoms with Crippen molar-refractivity contribution in [2.75, 3.05) is 5.32 Å². The second kappa shape index (κ2) is 7.64. The number of halogens is 1. The van der Waals surface area contributed by atoms with Crippen molar-refractivity contribution in [3.05, 3.63) is 112 Å². The first kappa shape index (κ1) is 20.3. The molecule has 1 N–H and O–H groups in total. The molecule has 0 saturated carbocycles. The van der Waals surface area contributed by atoms with Gasteiger partial charge in [0, 0.05) is 21.8 Å². The third kappa shape index (κ3) is 3.11. The van der Waals surface area contributed by atoms with Gasteiger partial charge in [-0.1, -0.05) is 58.8 Å². The summed E-state index contributed by atoms with van der Waals surface area (Å²) in [7, 11) is 0. The van der Waals surface area contributed by atoms with Gasteiger partial charge in [0.2, 0.25) is 0 Å². The average Bonchev–Trinajstić information content (AvgIpc) is 3.27. The summed E-state index contributed by atoms with van der Waals surface area (Å²) < 4.78 is 1.64. The van der Waals surface area contributed by atoms with E-state index in [-0.39, 0.29) is 17.1 Å². The van der Waals surface area contributed by atoms with Crippen LogP contribution in [-0.4, -0.2) is 26.6 Å². The van der Waals surface area contributed by atoms with E-state index in [1.807, 2.05) is 49.4 Å². The molecule has 0 unspecified atom stereocenters. The third-order valence-corrected chi connectivity index (χ3v) is 6.27. The number of anilines is 2. The molecule has 0 fully saturated rings. The molecule has 0 radical (unpaired) electrons. The van der Waals surface area contributed by atoms with Crippen LogP contribution in [0.2, 0.25) is 5.02 Å². The maximum absolute atomic E-state index is 13.6. The number of carbonyl (C=O) groups is 2. The van der Waals surface area contributed by atoms with Crippen LogP contribution in [0, 0.1) is 6.92 Å². The third-order valence-electron chi connectivity index (χ3n) is 6.01. The molecule has 0 bridgehead atoms. The fourth-order valence-corrected chi connectivity index (χ4v) is 4.45. The molecule has 1 aromatic heterocycles. The van der Waals surface area contributed by atoms with Gasteiger partial charge < -0.3 is 5.32 Å². The van der Waals surface area contributed by atoms with E-state index < -0.39 is 0 Å². The van der Waals surface area contributed by atoms with E-state index in [0.29, 0.717) is 38.4 Å². The lowest BCUT2D eigenvalue weighted by atomic mass is 9.82. The maximum atomic E-state index is 13.6. The molecule has 164 valence electrons. The highest BCUT2D eigenvalue weighted by Gasteiger charge is 2.35. The van der Waals surface area contributed by atoms with Gasteiger partial charge in [-0.2, -0.15) is 0 Å². The number of ketones is 2. The fraction of sp³-hybridized carbons (Fsp3) is 0.0370. The second-order valence-corrected chi connectivity index (χ2v) is 8.65. The highest BCUT2D eigenvalue weighted by atomic mass is 35.5. The van der Waals surface area contributed by atoms with Crippen molar-refractivity contribution in [2.24, 2.45) is 0 Å². The van der Waals surface area contributed by atoms with E-state index >= 15 is 0 Å². The van der Waals surface area contributed by atoms with Crippen LogP contribution in [0.15, 0.2) is 78.9 Å². The zero-order valence-corrected chi connectivity index (χ0v) is 18.8. The topological polar surface area (TPSA) is 76.9 Å². The fourth-order valence-electron chi connectivity index (χ4n) is 4.33. The predicted molar refractivity (Wildman–Crippen MR) is 132 cm³/mol. The summed E-state index contributed by atoms with van der Waals surface area (Å²) >= 11 is 6.06. The monoisotopic (exact) mass is 464 g/mol. The van der Waals surface area contributed by atoms with E-state index in [1.54, 1.807) is 41.1 Å². The summed E-state index contributed by atoms with van der Waals surface area (Å²) in [6, 6.07) is 23.7. The molecule has 6 nitrogen and oxygen atoms in total. The zero-order valence-electron chi connectivity index (χ0n) is 18.0. The van der Waals surface area contributed by atoms with Gasteiger partial charge in [0.1, 0.15) is 5.52 Å². The number of aromatic nitrogens is 3. The van der Waals surface area contributed by atoms with Gasteiger partial charge in [0.25, 0.3) is 0 Å². The minimum atomic E-state index is -0.245. The Morgan fingerprint density at radius 3 is 2.15 bits per heavy atom. The Kier molecular flexibility index (Phi) is 4.57. The van der Waals surface area contributed by atoms with E-state index in [0.717, 1.165) is 16.9 Å². The highest BCUT2D eigenvalue weighted by molar-refractivity contribution is 6.33. The van der Waals surface area contributed by atoms with Crippen LogP contribution in [0.1, 0.15) is 37.4 Å². The Morgan fingerprint density at radius 2 is 1.47 bits per heavy atom. The Morgan fingerprint density at radius 1 is 0.824 bits per heavy atom. The maximum Gasteiger partial charge on any atom is 0.196 e. The molecule has 5 aromatic rings. The Hall–Kier alpha value is -4.29. The van der Waals surface area contributed by atoms with Gasteiger partial charge in [-0.3, -0.25) is 9.59 Å². The summed E-state index contributed by atoms with van der Waals surface area (Å²) in [4.78, 5) is 27.2. The zero-order chi connectivity index (χ0) is 23.4. The lowest BCUT2D eigenvalue weighted by Gasteiger charge is -2.21. The molecular formula is C27H17ClN4O2. The van der Waals surface area contributed by atoms with Crippen molar-refractivity contribution >= 4 is 45.6 Å². The summed E-state index contributed by atoms with van der Waals surface area (Å²) in [5.41, 5.74) is 5.50. The molecule has 0 aliphatic heterocycles. The van der Waals surface area contributed by atoms with Gasteiger partial charge in [0.05, 0.1) is 28.0 Å². The quantitative estimate of drug-likeness (QED) is 0.353. The molecule has 34 heavy (non-hydrogen) atoms. The van der Waals surface area contributed by atoms with Crippen LogP contribution in [0.3, 0.4) is 0 Å². The molecule has 1 aliphatic rings. The van der Waals surface area contributed by atoms with E-state index in [4.69, 9.17) is 11.6 Å². The minimum absolute atomic E-state index is 0.220. The molecule has 4 aromatic carbocycles. The minimum Gasteiger partial charge on any atom is -0.355 e. The van der Waals surface area contributed by atoms with Crippen LogP contribution < -0.4 is 5.32 Å². The number of carbonyl (C=O) groups excluding carboxylic acids is 2. The van der Waals surface area contributed by atoms with Crippen LogP contribution in [0.5, 0.6) is 0 Å². The normalized spacial score (nSPS) is 12.5. The number of hydrogen-bond donors (Lipinski definition) is 1. The smallest absolute Gasteiger partial charge is 0.196 e. The molecule has 0 atom stereocenters.